The average molecular weight is 338 g/mol. The first-order valence-electron chi connectivity index (χ1n) is 7.14. The van der Waals surface area contributed by atoms with E-state index in [1.54, 1.807) is 11.3 Å². The van der Waals surface area contributed by atoms with Gasteiger partial charge < -0.3 is 4.74 Å². The highest BCUT2D eigenvalue weighted by Crippen LogP contribution is 2.29. The molecule has 0 N–H and O–H groups in total. The third kappa shape index (κ3) is 3.67. The Bertz CT molecular complexity index is 840. The van der Waals surface area contributed by atoms with Gasteiger partial charge in [-0.1, -0.05) is 18.2 Å². The lowest BCUT2D eigenvalue weighted by molar-refractivity contribution is 0.340. The zero-order chi connectivity index (χ0) is 16.1. The fourth-order valence-electron chi connectivity index (χ4n) is 2.07. The summed E-state index contributed by atoms with van der Waals surface area (Å²) >= 11 is 3.14. The minimum atomic E-state index is 0.571. The van der Waals surface area contributed by atoms with Crippen LogP contribution in [0, 0.1) is 11.3 Å². The molecule has 5 heteroatoms. The van der Waals surface area contributed by atoms with Crippen molar-refractivity contribution in [2.24, 2.45) is 0 Å². The molecule has 0 aliphatic carbocycles. The highest BCUT2D eigenvalue weighted by Gasteiger charge is 2.09. The summed E-state index contributed by atoms with van der Waals surface area (Å²) < 4.78 is 5.43. The second-order valence-electron chi connectivity index (χ2n) is 4.69. The minimum Gasteiger partial charge on any atom is -0.494 e. The molecule has 2 heterocycles. The molecule has 0 aliphatic rings. The van der Waals surface area contributed by atoms with Crippen molar-refractivity contribution in [1.82, 2.24) is 4.98 Å². The molecular formula is C18H14N2OS2. The molecule has 0 spiro atoms. The van der Waals surface area contributed by atoms with Crippen LogP contribution in [-0.2, 0) is 0 Å². The minimum absolute atomic E-state index is 0.571. The average Bonchev–Trinajstić information content (AvgIpc) is 3.25. The standard InChI is InChI=1S/C18H14N2OS2/c1-2-21-15-7-5-13(6-8-15)10-14(11-19)18-20-16(12-23-18)17-4-3-9-22-17/h3-10,12H,2H2,1H3. The van der Waals surface area contributed by atoms with Crippen LogP contribution in [0.25, 0.3) is 22.2 Å². The Morgan fingerprint density at radius 1 is 1.26 bits per heavy atom. The molecule has 1 aromatic carbocycles. The van der Waals surface area contributed by atoms with Crippen molar-refractivity contribution in [3.63, 3.8) is 0 Å². The molecule has 0 saturated heterocycles. The number of ether oxygens (including phenoxy) is 1. The summed E-state index contributed by atoms with van der Waals surface area (Å²) in [5.74, 6) is 0.831. The Kier molecular flexibility index (Phi) is 4.86. The van der Waals surface area contributed by atoms with E-state index in [0.717, 1.165) is 26.9 Å². The zero-order valence-electron chi connectivity index (χ0n) is 12.5. The second-order valence-corrected chi connectivity index (χ2v) is 6.49. The van der Waals surface area contributed by atoms with Crippen LogP contribution >= 0.6 is 22.7 Å². The topological polar surface area (TPSA) is 45.9 Å². The molecule has 2 aromatic heterocycles. The van der Waals surface area contributed by atoms with Gasteiger partial charge >= 0.3 is 0 Å². The van der Waals surface area contributed by atoms with E-state index in [9.17, 15) is 5.26 Å². The molecule has 3 nitrogen and oxygen atoms in total. The van der Waals surface area contributed by atoms with Crippen molar-refractivity contribution in [1.29, 1.82) is 5.26 Å². The Morgan fingerprint density at radius 3 is 2.74 bits per heavy atom. The molecule has 0 saturated carbocycles. The van der Waals surface area contributed by atoms with E-state index in [1.807, 2.05) is 60.2 Å². The molecule has 23 heavy (non-hydrogen) atoms. The summed E-state index contributed by atoms with van der Waals surface area (Å²) in [6, 6.07) is 14.0. The maximum Gasteiger partial charge on any atom is 0.134 e. The van der Waals surface area contributed by atoms with Gasteiger partial charge in [-0.25, -0.2) is 4.98 Å². The van der Waals surface area contributed by atoms with Crippen LogP contribution in [0.1, 0.15) is 17.5 Å². The summed E-state index contributed by atoms with van der Waals surface area (Å²) in [7, 11) is 0. The van der Waals surface area contributed by atoms with Crippen LogP contribution in [0.15, 0.2) is 47.2 Å². The summed E-state index contributed by atoms with van der Waals surface area (Å²) in [4.78, 5) is 5.70. The van der Waals surface area contributed by atoms with Gasteiger partial charge in [-0.2, -0.15) is 5.26 Å². The number of benzene rings is 1. The van der Waals surface area contributed by atoms with Crippen molar-refractivity contribution < 1.29 is 4.74 Å². The lowest BCUT2D eigenvalue weighted by Gasteiger charge is -2.02. The van der Waals surface area contributed by atoms with Gasteiger partial charge in [0.05, 0.1) is 22.8 Å². The van der Waals surface area contributed by atoms with Crippen molar-refractivity contribution >= 4 is 34.3 Å². The molecule has 0 atom stereocenters. The molecular weight excluding hydrogens is 324 g/mol. The number of nitriles is 1. The number of rotatable bonds is 5. The Balaban J connectivity index is 1.86. The monoisotopic (exact) mass is 338 g/mol. The maximum absolute atomic E-state index is 9.45. The van der Waals surface area contributed by atoms with E-state index in [2.05, 4.69) is 11.1 Å². The van der Waals surface area contributed by atoms with Gasteiger partial charge in [0.15, 0.2) is 0 Å². The molecule has 0 radical (unpaired) electrons. The molecule has 114 valence electrons. The number of aromatic nitrogens is 1. The van der Waals surface area contributed by atoms with E-state index in [-0.39, 0.29) is 0 Å². The van der Waals surface area contributed by atoms with Gasteiger partial charge in [0.1, 0.15) is 16.8 Å². The Labute approximate surface area is 143 Å². The quantitative estimate of drug-likeness (QED) is 0.590. The Hall–Kier alpha value is -2.42. The molecule has 0 unspecified atom stereocenters. The molecule has 0 fully saturated rings. The van der Waals surface area contributed by atoms with E-state index in [0.29, 0.717) is 12.2 Å². The Morgan fingerprint density at radius 2 is 2.09 bits per heavy atom. The first-order chi connectivity index (χ1) is 11.3. The van der Waals surface area contributed by atoms with Gasteiger partial charge in [-0.3, -0.25) is 0 Å². The van der Waals surface area contributed by atoms with Crippen LogP contribution in [0.3, 0.4) is 0 Å². The number of hydrogen-bond donors (Lipinski definition) is 0. The SMILES string of the molecule is CCOc1ccc(C=C(C#N)c2nc(-c3cccs3)cs2)cc1. The van der Waals surface area contributed by atoms with E-state index in [4.69, 9.17) is 4.74 Å². The van der Waals surface area contributed by atoms with E-state index in [1.165, 1.54) is 11.3 Å². The first kappa shape index (κ1) is 15.5. The third-order valence-electron chi connectivity index (χ3n) is 3.13. The van der Waals surface area contributed by atoms with Crippen LogP contribution in [0.4, 0.5) is 0 Å². The van der Waals surface area contributed by atoms with E-state index < -0.39 is 0 Å². The molecule has 0 bridgehead atoms. The summed E-state index contributed by atoms with van der Waals surface area (Å²) in [5, 5.41) is 14.2. The lowest BCUT2D eigenvalue weighted by atomic mass is 10.1. The maximum atomic E-state index is 9.45. The lowest BCUT2D eigenvalue weighted by Crippen LogP contribution is -1.90. The molecule has 0 amide bonds. The predicted octanol–water partition coefficient (Wildman–Crippen LogP) is 5.33. The molecule has 3 aromatic rings. The second kappa shape index (κ2) is 7.23. The molecule has 0 aliphatic heterocycles. The van der Waals surface area contributed by atoms with Crippen LogP contribution in [-0.4, -0.2) is 11.6 Å². The van der Waals surface area contributed by atoms with Crippen molar-refractivity contribution in [3.05, 3.63) is 57.7 Å². The summed E-state index contributed by atoms with van der Waals surface area (Å²) in [5.41, 5.74) is 2.45. The number of nitrogens with zero attached hydrogens (tertiary/aromatic N) is 2. The fraction of sp³-hybridized carbons (Fsp3) is 0.111. The van der Waals surface area contributed by atoms with Gasteiger partial charge in [0.25, 0.3) is 0 Å². The van der Waals surface area contributed by atoms with Gasteiger partial charge in [0, 0.05) is 5.38 Å². The van der Waals surface area contributed by atoms with E-state index >= 15 is 0 Å². The number of hydrogen-bond acceptors (Lipinski definition) is 5. The zero-order valence-corrected chi connectivity index (χ0v) is 14.2. The van der Waals surface area contributed by atoms with Gasteiger partial charge in [0.2, 0.25) is 0 Å². The smallest absolute Gasteiger partial charge is 0.134 e. The normalized spacial score (nSPS) is 11.2. The third-order valence-corrected chi connectivity index (χ3v) is 4.90. The van der Waals surface area contributed by atoms with Crippen LogP contribution in [0.2, 0.25) is 0 Å². The highest BCUT2D eigenvalue weighted by atomic mass is 32.1. The number of allylic oxidation sites excluding steroid dienone is 1. The predicted molar refractivity (Wildman–Crippen MR) is 96.5 cm³/mol. The largest absolute Gasteiger partial charge is 0.494 e. The van der Waals surface area contributed by atoms with Crippen molar-refractivity contribution in [3.8, 4) is 22.4 Å². The van der Waals surface area contributed by atoms with Gasteiger partial charge in [-0.15, -0.1) is 22.7 Å². The number of thiazole rings is 1. The van der Waals surface area contributed by atoms with Gasteiger partial charge in [-0.05, 0) is 42.1 Å². The fourth-order valence-corrected chi connectivity index (χ4v) is 3.62. The highest BCUT2D eigenvalue weighted by molar-refractivity contribution is 7.14. The summed E-state index contributed by atoms with van der Waals surface area (Å²) in [6.07, 6.45) is 1.85. The van der Waals surface area contributed by atoms with Crippen molar-refractivity contribution in [2.45, 2.75) is 6.92 Å². The number of thiophene rings is 1. The summed E-state index contributed by atoms with van der Waals surface area (Å²) in [6.45, 7) is 2.60. The van der Waals surface area contributed by atoms with Crippen LogP contribution < -0.4 is 4.74 Å². The first-order valence-corrected chi connectivity index (χ1v) is 8.90. The van der Waals surface area contributed by atoms with Crippen molar-refractivity contribution in [2.75, 3.05) is 6.61 Å². The molecule has 3 rings (SSSR count). The van der Waals surface area contributed by atoms with Crippen LogP contribution in [0.5, 0.6) is 5.75 Å².